The van der Waals surface area contributed by atoms with Gasteiger partial charge in [0.05, 0.1) is 45.5 Å². The molecule has 2 aliphatic carbocycles. The van der Waals surface area contributed by atoms with Crippen LogP contribution in [0, 0.1) is 21.7 Å². The van der Waals surface area contributed by atoms with E-state index in [1.54, 1.807) is 6.92 Å². The fraction of sp³-hybridized carbons (Fsp3) is 0.877. The quantitative estimate of drug-likeness (QED) is 0.0168. The molecule has 0 saturated heterocycles. The van der Waals surface area contributed by atoms with E-state index >= 15 is 0 Å². The number of aliphatic hydroxyl groups excluding tert-OH is 1. The molecular weight excluding hydrogens is 1260 g/mol. The first-order valence-corrected chi connectivity index (χ1v) is 48.0. The summed E-state index contributed by atoms with van der Waals surface area (Å²) in [4.78, 5) is 49.9. The minimum atomic E-state index is -2.47. The van der Waals surface area contributed by atoms with Crippen molar-refractivity contribution in [3.8, 4) is 0 Å². The van der Waals surface area contributed by atoms with Gasteiger partial charge in [-0.25, -0.2) is 14.4 Å². The van der Waals surface area contributed by atoms with Gasteiger partial charge in [0.1, 0.15) is 19.8 Å². The lowest BCUT2D eigenvalue weighted by atomic mass is 9.62. The lowest BCUT2D eigenvalue weighted by Gasteiger charge is -2.46. The molecule has 0 aliphatic heterocycles. The number of alkyl carbamates (subject to hydrolysis) is 3. The van der Waals surface area contributed by atoms with Crippen molar-refractivity contribution in [2.45, 2.75) is 262 Å². The molecule has 0 aromatic carbocycles. The maximum Gasteiger partial charge on any atom is 0.407 e. The molecule has 0 aromatic heterocycles. The zero-order valence-electron chi connectivity index (χ0n) is 55.5. The molecule has 20 nitrogen and oxygen atoms in total. The van der Waals surface area contributed by atoms with Gasteiger partial charge in [0.2, 0.25) is 22.5 Å². The van der Waals surface area contributed by atoms with Crippen molar-refractivity contribution in [3.05, 3.63) is 26.3 Å². The Balaban J connectivity index is -0.000000784. The van der Waals surface area contributed by atoms with Crippen LogP contribution in [-0.2, 0) is 54.4 Å². The topological polar surface area (TPSA) is 238 Å². The monoisotopic (exact) mass is 1410 g/mol. The minimum Gasteiger partial charge on any atom is -0.447 e. The van der Waals surface area contributed by atoms with Gasteiger partial charge in [0, 0.05) is 45.3 Å². The zero-order chi connectivity index (χ0) is 64.0. The number of carbonyl (C=O) groups excluding carboxylic acids is 4. The lowest BCUT2D eigenvalue weighted by Crippen LogP contribution is -2.55. The van der Waals surface area contributed by atoms with Crippen LogP contribution < -0.4 is 21.3 Å². The van der Waals surface area contributed by atoms with Crippen molar-refractivity contribution in [1.82, 2.24) is 21.3 Å². The van der Waals surface area contributed by atoms with E-state index in [4.69, 9.17) is 54.7 Å². The predicted octanol–water partition coefficient (Wildman–Crippen LogP) is 16.4. The summed E-state index contributed by atoms with van der Waals surface area (Å²) in [5.41, 5.74) is -0.437. The number of rotatable bonds is 37. The molecule has 0 radical (unpaired) electrons. The molecule has 4 atom stereocenters. The Morgan fingerprint density at radius 2 is 0.736 bits per heavy atom. The van der Waals surface area contributed by atoms with Gasteiger partial charge in [-0.1, -0.05) is 101 Å². The van der Waals surface area contributed by atoms with Crippen LogP contribution in [-0.4, -0.2) is 183 Å². The first-order chi connectivity index (χ1) is 38.2. The van der Waals surface area contributed by atoms with Crippen molar-refractivity contribution in [2.24, 2.45) is 21.7 Å². The zero-order valence-corrected chi connectivity index (χ0v) is 61.5. The van der Waals surface area contributed by atoms with E-state index in [0.29, 0.717) is 65.0 Å². The van der Waals surface area contributed by atoms with E-state index in [1.165, 1.54) is 0 Å². The van der Waals surface area contributed by atoms with Crippen molar-refractivity contribution in [2.75, 3.05) is 91.6 Å². The number of amides is 4. The van der Waals surface area contributed by atoms with Crippen LogP contribution in [0.15, 0.2) is 26.3 Å². The molecule has 91 heavy (non-hydrogen) atoms. The highest BCUT2D eigenvalue weighted by Crippen LogP contribution is 2.47. The number of hydrogen-bond donors (Lipinski definition) is 5. The summed E-state index contributed by atoms with van der Waals surface area (Å²) in [5.74, 6) is -0.0276. The summed E-state index contributed by atoms with van der Waals surface area (Å²) in [6.07, 6.45) is 6.16. The molecule has 5 N–H and O–H groups in total. The molecule has 0 aromatic rings. The van der Waals surface area contributed by atoms with Crippen LogP contribution >= 0.6 is 0 Å². The average molecular weight is 1410 g/mol. The van der Waals surface area contributed by atoms with Gasteiger partial charge >= 0.3 is 35.4 Å². The Hall–Kier alpha value is -2.30. The summed E-state index contributed by atoms with van der Waals surface area (Å²) in [5, 5.41) is 21.1. The summed E-state index contributed by atoms with van der Waals surface area (Å²) in [6.45, 7) is 55.8. The third-order valence-electron chi connectivity index (χ3n) is 13.7. The first-order valence-electron chi connectivity index (χ1n) is 29.9. The smallest absolute Gasteiger partial charge is 0.407 e. The molecular formula is C65H152N4O16Si6. The van der Waals surface area contributed by atoms with E-state index in [-0.39, 0.29) is 132 Å². The number of nitrogens with one attached hydrogen (secondary N) is 4. The van der Waals surface area contributed by atoms with Crippen molar-refractivity contribution in [3.63, 3.8) is 0 Å². The number of carbonyl (C=O) groups is 4. The highest BCUT2D eigenvalue weighted by atomic mass is 28.5. The minimum absolute atomic E-state index is 0. The second-order valence-electron chi connectivity index (χ2n) is 28.0. The molecule has 0 heterocycles. The van der Waals surface area contributed by atoms with Crippen LogP contribution in [0.1, 0.15) is 159 Å². The van der Waals surface area contributed by atoms with Gasteiger partial charge < -0.3 is 76.0 Å². The molecule has 552 valence electrons. The molecule has 2 aliphatic rings. The van der Waals surface area contributed by atoms with Gasteiger partial charge in [-0.05, 0) is 164 Å². The average Bonchev–Trinajstić information content (AvgIpc) is 0.871. The molecule has 4 amide bonds. The Labute approximate surface area is 568 Å². The number of ether oxygens (including phenoxy) is 7. The van der Waals surface area contributed by atoms with Gasteiger partial charge in [0.15, 0.2) is 16.6 Å². The molecule has 0 bridgehead atoms. The summed E-state index contributed by atoms with van der Waals surface area (Å²) >= 11 is 0. The van der Waals surface area contributed by atoms with Crippen LogP contribution in [0.3, 0.4) is 0 Å². The Kier molecular flexibility index (Phi) is 59.1. The Morgan fingerprint density at radius 3 is 1.08 bits per heavy atom. The van der Waals surface area contributed by atoms with E-state index in [1.807, 2.05) is 13.1 Å². The van der Waals surface area contributed by atoms with Crippen LogP contribution in [0.2, 0.25) is 90.7 Å². The maximum atomic E-state index is 12.9. The molecule has 2 fully saturated rings. The third-order valence-corrected chi connectivity index (χ3v) is 35.3. The van der Waals surface area contributed by atoms with Gasteiger partial charge in [-0.2, -0.15) is 0 Å². The number of aliphatic hydroxyl groups is 1. The molecule has 0 spiro atoms. The fourth-order valence-corrected chi connectivity index (χ4v) is 39.4. The predicted molar refractivity (Wildman–Crippen MR) is 401 cm³/mol. The van der Waals surface area contributed by atoms with Gasteiger partial charge in [-0.3, -0.25) is 4.79 Å². The molecule has 26 heteroatoms. The van der Waals surface area contributed by atoms with E-state index in [9.17, 15) is 19.2 Å². The SMILES string of the molecule is C.C.C.C.C.C.C.C.C=C.C=C.CC(=O)NC1CC(C)(C)CC(C)(CNC(=O)OCCOCCC[Si](C)(C)O[Si](C)(C)O[Si](C)(C)CCCOCCOC(=O)NC2CC(C)(C)CC(C)(CNC(=O)OCCOC[Si](C)(C)O[Si](C)(C)O[Si](C)(C)COCCO)C2)C1. The highest BCUT2D eigenvalue weighted by molar-refractivity contribution is 6.88. The summed E-state index contributed by atoms with van der Waals surface area (Å²) < 4.78 is 66.2. The third kappa shape index (κ3) is 52.6. The Bertz CT molecular complexity index is 1910. The van der Waals surface area contributed by atoms with E-state index in [2.05, 4.69) is 155 Å². The van der Waals surface area contributed by atoms with E-state index < -0.39 is 68.7 Å². The van der Waals surface area contributed by atoms with Crippen LogP contribution in [0.25, 0.3) is 0 Å². The van der Waals surface area contributed by atoms with Crippen LogP contribution in [0.5, 0.6) is 0 Å². The van der Waals surface area contributed by atoms with Crippen LogP contribution in [0.4, 0.5) is 14.4 Å². The fourth-order valence-electron chi connectivity index (χ4n) is 12.5. The Morgan fingerprint density at radius 1 is 0.429 bits per heavy atom. The largest absolute Gasteiger partial charge is 0.447 e. The first kappa shape index (κ1) is 107. The number of hydrogen-bond acceptors (Lipinski definition) is 16. The van der Waals surface area contributed by atoms with Crippen molar-refractivity contribution in [1.29, 1.82) is 0 Å². The van der Waals surface area contributed by atoms with Gasteiger partial charge in [-0.15, -0.1) is 26.3 Å². The maximum absolute atomic E-state index is 12.9. The molecule has 2 rings (SSSR count). The molecule has 4 unspecified atom stereocenters. The van der Waals surface area contributed by atoms with Crippen molar-refractivity contribution < 1.29 is 73.9 Å². The second-order valence-corrected chi connectivity index (χ2v) is 52.5. The molecule has 2 saturated carbocycles. The normalized spacial score (nSPS) is 19.1. The lowest BCUT2D eigenvalue weighted by molar-refractivity contribution is -0.120. The standard InChI is InChI=1S/C53H112N4O16Si6.2C2H4.8CH4/c1-44(59)56-45-34-50(2,3)38-52(6,36-45)40-54-47(60)67-29-26-63-23-20-32-74(8,9)70-78(16,17)71-75(10,11)33-21-24-64-27-30-69-49(62)57-46-35-51(4,5)39-53(7,37-46)41-55-48(61)68-31-28-66-43-77(14,15)73-79(18,19)72-76(12,13)42-65-25-22-58;2*1-2;;;;;;;;/h45-46,58H,20-43H2,1-19H3,(H,54,60)(H,55,61)(H,56,59)(H,57,62);2*1-2H2;8*1H4. The second kappa shape index (κ2) is 50.1. The van der Waals surface area contributed by atoms with Crippen molar-refractivity contribution >= 4 is 74.6 Å². The highest BCUT2D eigenvalue weighted by Gasteiger charge is 2.45. The summed E-state index contributed by atoms with van der Waals surface area (Å²) in [7, 11) is -13.4. The summed E-state index contributed by atoms with van der Waals surface area (Å²) in [6, 6.07) is 1.80. The van der Waals surface area contributed by atoms with E-state index in [0.717, 1.165) is 57.0 Å². The van der Waals surface area contributed by atoms with Gasteiger partial charge in [0.25, 0.3) is 0 Å².